The van der Waals surface area contributed by atoms with Gasteiger partial charge in [-0.1, -0.05) is 12.1 Å². The molecule has 9 heteroatoms. The second-order valence-electron chi connectivity index (χ2n) is 8.13. The lowest BCUT2D eigenvalue weighted by Gasteiger charge is -2.35. The number of fused-ring (bicyclic) bond motifs is 1. The molecule has 1 fully saturated rings. The van der Waals surface area contributed by atoms with Gasteiger partial charge in [0.25, 0.3) is 0 Å². The molecule has 3 aromatic heterocycles. The Labute approximate surface area is 187 Å². The molecule has 32 heavy (non-hydrogen) atoms. The largest absolute Gasteiger partial charge is 0.491 e. The summed E-state index contributed by atoms with van der Waals surface area (Å²) >= 11 is 0. The maximum atomic E-state index is 5.41. The van der Waals surface area contributed by atoms with E-state index in [1.165, 1.54) is 16.5 Å². The van der Waals surface area contributed by atoms with Crippen LogP contribution in [-0.2, 0) is 13.1 Å². The van der Waals surface area contributed by atoms with Crippen molar-refractivity contribution in [2.75, 3.05) is 44.7 Å². The molecule has 0 unspecified atom stereocenters. The van der Waals surface area contributed by atoms with Crippen molar-refractivity contribution in [3.63, 3.8) is 0 Å². The zero-order valence-corrected chi connectivity index (χ0v) is 18.3. The first kappa shape index (κ1) is 20.4. The van der Waals surface area contributed by atoms with E-state index in [9.17, 15) is 0 Å². The molecule has 0 atom stereocenters. The third-order valence-electron chi connectivity index (χ3n) is 6.09. The van der Waals surface area contributed by atoms with E-state index in [2.05, 4.69) is 65.0 Å². The van der Waals surface area contributed by atoms with Crippen molar-refractivity contribution in [2.45, 2.75) is 19.5 Å². The summed E-state index contributed by atoms with van der Waals surface area (Å²) in [5.41, 5.74) is 2.55. The highest BCUT2D eigenvalue weighted by Gasteiger charge is 2.20. The lowest BCUT2D eigenvalue weighted by molar-refractivity contribution is 0.249. The summed E-state index contributed by atoms with van der Waals surface area (Å²) in [5.74, 6) is 1.63. The van der Waals surface area contributed by atoms with Gasteiger partial charge < -0.3 is 18.8 Å². The van der Waals surface area contributed by atoms with Crippen molar-refractivity contribution in [1.82, 2.24) is 34.2 Å². The van der Waals surface area contributed by atoms with Gasteiger partial charge in [-0.15, -0.1) is 10.2 Å². The average Bonchev–Trinajstić information content (AvgIpc) is 3.49. The highest BCUT2D eigenvalue weighted by molar-refractivity contribution is 5.80. The fraction of sp³-hybridized carbons (Fsp3) is 0.391. The van der Waals surface area contributed by atoms with E-state index >= 15 is 0 Å². The van der Waals surface area contributed by atoms with Crippen LogP contribution in [0.3, 0.4) is 0 Å². The third kappa shape index (κ3) is 4.43. The summed E-state index contributed by atoms with van der Waals surface area (Å²) in [5, 5.41) is 9.06. The maximum Gasteiger partial charge on any atom is 0.179 e. The van der Waals surface area contributed by atoms with E-state index in [1.807, 2.05) is 4.57 Å². The van der Waals surface area contributed by atoms with Crippen LogP contribution in [-0.4, -0.2) is 74.0 Å². The van der Waals surface area contributed by atoms with E-state index in [0.717, 1.165) is 63.8 Å². The number of aryl methyl sites for hydroxylation is 1. The average molecular weight is 433 g/mol. The molecule has 0 N–H and O–H groups in total. The molecular formula is C23H28N8O. The van der Waals surface area contributed by atoms with Gasteiger partial charge in [-0.2, -0.15) is 0 Å². The molecule has 4 aromatic rings. The smallest absolute Gasteiger partial charge is 0.179 e. The molecule has 1 aliphatic rings. The van der Waals surface area contributed by atoms with Gasteiger partial charge in [-0.05, 0) is 36.0 Å². The molecule has 0 radical (unpaired) electrons. The van der Waals surface area contributed by atoms with Gasteiger partial charge in [0.2, 0.25) is 0 Å². The fourth-order valence-electron chi connectivity index (χ4n) is 4.38. The van der Waals surface area contributed by atoms with Crippen LogP contribution < -0.4 is 9.64 Å². The molecule has 0 aliphatic carbocycles. The predicted octanol–water partition coefficient (Wildman–Crippen LogP) is 2.29. The summed E-state index contributed by atoms with van der Waals surface area (Å²) < 4.78 is 9.77. The fourth-order valence-corrected chi connectivity index (χ4v) is 4.38. The Morgan fingerprint density at radius 1 is 1.00 bits per heavy atom. The minimum atomic E-state index is 0.740. The van der Waals surface area contributed by atoms with Crippen LogP contribution in [0.4, 0.5) is 5.82 Å². The number of hydrogen-bond acceptors (Lipinski definition) is 7. The number of nitrogens with zero attached hydrogens (tertiary/aromatic N) is 8. The summed E-state index contributed by atoms with van der Waals surface area (Å²) in [6.07, 6.45) is 10.1. The summed E-state index contributed by atoms with van der Waals surface area (Å²) in [7, 11) is 1.67. The van der Waals surface area contributed by atoms with Gasteiger partial charge in [0.1, 0.15) is 19.0 Å². The Balaban J connectivity index is 1.15. The molecule has 1 aromatic carbocycles. The molecular weight excluding hydrogens is 404 g/mol. The Hall–Kier alpha value is -3.46. The minimum absolute atomic E-state index is 0.740. The van der Waals surface area contributed by atoms with E-state index in [4.69, 9.17) is 4.74 Å². The number of hydrogen-bond donors (Lipinski definition) is 0. The number of anilines is 1. The van der Waals surface area contributed by atoms with Gasteiger partial charge >= 0.3 is 0 Å². The number of aromatic nitrogens is 6. The topological polar surface area (TPSA) is 77.1 Å². The van der Waals surface area contributed by atoms with Gasteiger partial charge in [0, 0.05) is 44.4 Å². The van der Waals surface area contributed by atoms with E-state index in [1.54, 1.807) is 32.3 Å². The van der Waals surface area contributed by atoms with Crippen molar-refractivity contribution in [3.05, 3.63) is 61.2 Å². The number of piperazine rings is 1. The maximum absolute atomic E-state index is 5.41. The van der Waals surface area contributed by atoms with Crippen LogP contribution in [0.5, 0.6) is 5.75 Å². The number of ether oxygens (including phenoxy) is 1. The zero-order chi connectivity index (χ0) is 21.8. The standard InChI is InChI=1S/C23H28N8O/c1-32-22-14-24-16-25-23(22)31-11-9-28(10-12-31)6-2-7-30-8-5-20-4-3-19(13-21(20)30)15-29-17-26-27-18-29/h3-5,8,13-14,16-18H,2,6-7,9-12,15H2,1H3. The Morgan fingerprint density at radius 3 is 2.66 bits per heavy atom. The number of rotatable bonds is 8. The number of methoxy groups -OCH3 is 1. The van der Waals surface area contributed by atoms with Crippen LogP contribution >= 0.6 is 0 Å². The van der Waals surface area contributed by atoms with Gasteiger partial charge in [-0.25, -0.2) is 9.97 Å². The van der Waals surface area contributed by atoms with Gasteiger partial charge in [0.05, 0.1) is 19.9 Å². The van der Waals surface area contributed by atoms with Crippen LogP contribution in [0.1, 0.15) is 12.0 Å². The molecule has 9 nitrogen and oxygen atoms in total. The molecule has 0 spiro atoms. The molecule has 1 aliphatic heterocycles. The molecule has 0 bridgehead atoms. The highest BCUT2D eigenvalue weighted by Crippen LogP contribution is 2.25. The van der Waals surface area contributed by atoms with Crippen LogP contribution in [0.2, 0.25) is 0 Å². The van der Waals surface area contributed by atoms with E-state index in [-0.39, 0.29) is 0 Å². The molecule has 1 saturated heterocycles. The normalized spacial score (nSPS) is 14.8. The third-order valence-corrected chi connectivity index (χ3v) is 6.09. The molecule has 5 rings (SSSR count). The minimum Gasteiger partial charge on any atom is -0.491 e. The van der Waals surface area contributed by atoms with Crippen molar-refractivity contribution in [1.29, 1.82) is 0 Å². The van der Waals surface area contributed by atoms with Crippen LogP contribution in [0.25, 0.3) is 10.9 Å². The molecule has 0 saturated carbocycles. The predicted molar refractivity (Wildman–Crippen MR) is 123 cm³/mol. The first-order valence-electron chi connectivity index (χ1n) is 11.0. The lowest BCUT2D eigenvalue weighted by Crippen LogP contribution is -2.47. The second kappa shape index (κ2) is 9.35. The Kier molecular flexibility index (Phi) is 5.98. The number of benzene rings is 1. The quantitative estimate of drug-likeness (QED) is 0.423. The van der Waals surface area contributed by atoms with Crippen LogP contribution in [0.15, 0.2) is 55.6 Å². The molecule has 0 amide bonds. The van der Waals surface area contributed by atoms with Crippen molar-refractivity contribution < 1.29 is 4.74 Å². The highest BCUT2D eigenvalue weighted by atomic mass is 16.5. The SMILES string of the molecule is COc1cncnc1N1CCN(CCCn2ccc3ccc(Cn4cnnc4)cc32)CC1. The zero-order valence-electron chi connectivity index (χ0n) is 18.3. The lowest BCUT2D eigenvalue weighted by atomic mass is 10.1. The summed E-state index contributed by atoms with van der Waals surface area (Å²) in [6.45, 7) is 6.85. The monoisotopic (exact) mass is 432 g/mol. The summed E-state index contributed by atoms with van der Waals surface area (Å²) in [6, 6.07) is 8.86. The first-order valence-corrected chi connectivity index (χ1v) is 11.0. The Morgan fingerprint density at radius 2 is 1.84 bits per heavy atom. The van der Waals surface area contributed by atoms with Crippen molar-refractivity contribution in [2.24, 2.45) is 0 Å². The summed E-state index contributed by atoms with van der Waals surface area (Å²) in [4.78, 5) is 13.3. The van der Waals surface area contributed by atoms with Gasteiger partial charge in [0.15, 0.2) is 11.6 Å². The van der Waals surface area contributed by atoms with Crippen molar-refractivity contribution >= 4 is 16.7 Å². The van der Waals surface area contributed by atoms with Crippen molar-refractivity contribution in [3.8, 4) is 5.75 Å². The first-order chi connectivity index (χ1) is 15.8. The second-order valence-corrected chi connectivity index (χ2v) is 8.13. The van der Waals surface area contributed by atoms with E-state index < -0.39 is 0 Å². The van der Waals surface area contributed by atoms with Crippen LogP contribution in [0, 0.1) is 0 Å². The molecule has 4 heterocycles. The van der Waals surface area contributed by atoms with Gasteiger partial charge in [-0.3, -0.25) is 4.90 Å². The Bertz CT molecular complexity index is 1150. The van der Waals surface area contributed by atoms with E-state index in [0.29, 0.717) is 0 Å². The molecule has 166 valence electrons.